The number of aromatic amines is 1. The molecule has 0 radical (unpaired) electrons. The maximum Gasteiger partial charge on any atom is 0.243 e. The molecular formula is C38H53N9O7S. The molecule has 12 N–H and O–H groups in total. The highest BCUT2D eigenvalue weighted by Crippen LogP contribution is 2.20. The van der Waals surface area contributed by atoms with Gasteiger partial charge in [-0.1, -0.05) is 48.5 Å². The minimum Gasteiger partial charge on any atom is -0.370 e. The van der Waals surface area contributed by atoms with Crippen molar-refractivity contribution >= 4 is 64.0 Å². The number of fused-ring (bicyclic) bond motifs is 1. The molecule has 17 heteroatoms. The first kappa shape index (κ1) is 44.0. The summed E-state index contributed by atoms with van der Waals surface area (Å²) in [5.74, 6) is -4.58. The fourth-order valence-corrected chi connectivity index (χ4v) is 5.94. The van der Waals surface area contributed by atoms with E-state index >= 15 is 0 Å². The van der Waals surface area contributed by atoms with Gasteiger partial charge in [0.05, 0.1) is 5.54 Å². The highest BCUT2D eigenvalue weighted by Gasteiger charge is 2.35. The fraction of sp³-hybridized carbons (Fsp3) is 0.447. The van der Waals surface area contributed by atoms with Crippen LogP contribution in [0.1, 0.15) is 58.1 Å². The molecule has 16 nitrogen and oxygen atoms in total. The number of H-pyrrole nitrogens is 1. The smallest absolute Gasteiger partial charge is 0.243 e. The van der Waals surface area contributed by atoms with Crippen molar-refractivity contribution in [2.24, 2.45) is 17.2 Å². The zero-order valence-electron chi connectivity index (χ0n) is 31.8. The minimum absolute atomic E-state index is 0.0288. The van der Waals surface area contributed by atoms with E-state index in [1.165, 1.54) is 39.5 Å². The molecular weight excluding hydrogens is 727 g/mol. The first-order valence-corrected chi connectivity index (χ1v) is 19.2. The molecule has 4 atom stereocenters. The Bertz CT molecular complexity index is 1840. The number of hydrogen-bond acceptors (Lipinski definition) is 9. The predicted molar refractivity (Wildman–Crippen MR) is 211 cm³/mol. The van der Waals surface area contributed by atoms with Gasteiger partial charge in [-0.2, -0.15) is 11.8 Å². The molecule has 0 bridgehead atoms. The van der Waals surface area contributed by atoms with Crippen molar-refractivity contribution in [1.82, 2.24) is 31.6 Å². The molecule has 0 aliphatic carbocycles. The van der Waals surface area contributed by atoms with Gasteiger partial charge >= 0.3 is 0 Å². The van der Waals surface area contributed by atoms with Gasteiger partial charge in [-0.3, -0.25) is 33.6 Å². The summed E-state index contributed by atoms with van der Waals surface area (Å²) in [7, 11) is 0. The molecule has 0 saturated heterocycles. The quantitative estimate of drug-likeness (QED) is 0.0705. The van der Waals surface area contributed by atoms with Gasteiger partial charge in [0, 0.05) is 36.4 Å². The van der Waals surface area contributed by atoms with Crippen LogP contribution in [-0.2, 0) is 46.4 Å². The lowest BCUT2D eigenvalue weighted by atomic mass is 9.99. The van der Waals surface area contributed by atoms with Crippen LogP contribution >= 0.6 is 11.8 Å². The second-order valence-corrected chi connectivity index (χ2v) is 15.4. The third kappa shape index (κ3) is 13.4. The number of nitrogens with one attached hydrogen (secondary N) is 6. The third-order valence-electron chi connectivity index (χ3n) is 8.83. The van der Waals surface area contributed by atoms with Crippen molar-refractivity contribution in [1.29, 1.82) is 0 Å². The van der Waals surface area contributed by atoms with E-state index in [-0.39, 0.29) is 32.1 Å². The molecule has 298 valence electrons. The van der Waals surface area contributed by atoms with Gasteiger partial charge < -0.3 is 48.8 Å². The Morgan fingerprint density at radius 1 is 0.709 bits per heavy atom. The van der Waals surface area contributed by atoms with E-state index in [1.807, 2.05) is 30.5 Å². The van der Waals surface area contributed by atoms with Crippen molar-refractivity contribution in [3.05, 3.63) is 71.9 Å². The molecule has 0 aliphatic heterocycles. The second-order valence-electron chi connectivity index (χ2n) is 14.4. The van der Waals surface area contributed by atoms with Gasteiger partial charge in [0.1, 0.15) is 29.7 Å². The number of primary amides is 2. The average Bonchev–Trinajstić information content (AvgIpc) is 3.53. The van der Waals surface area contributed by atoms with Crippen molar-refractivity contribution in [3.63, 3.8) is 0 Å². The Morgan fingerprint density at radius 2 is 1.25 bits per heavy atom. The first-order valence-electron chi connectivity index (χ1n) is 17.8. The van der Waals surface area contributed by atoms with E-state index in [2.05, 4.69) is 31.6 Å². The maximum absolute atomic E-state index is 14.3. The predicted octanol–water partition coefficient (Wildman–Crippen LogP) is 0.0283. The summed E-state index contributed by atoms with van der Waals surface area (Å²) in [4.78, 5) is 95.4. The fourth-order valence-electron chi connectivity index (χ4n) is 5.47. The molecule has 3 aromatic rings. The van der Waals surface area contributed by atoms with Gasteiger partial charge in [0.15, 0.2) is 0 Å². The number of nitrogens with two attached hydrogens (primary N) is 3. The Balaban J connectivity index is 1.98. The number of benzene rings is 2. The Labute approximate surface area is 324 Å². The molecule has 0 unspecified atom stereocenters. The van der Waals surface area contributed by atoms with E-state index in [4.69, 9.17) is 17.2 Å². The van der Waals surface area contributed by atoms with Crippen molar-refractivity contribution in [2.45, 2.75) is 95.0 Å². The first-order chi connectivity index (χ1) is 25.8. The van der Waals surface area contributed by atoms with E-state index in [1.54, 1.807) is 36.5 Å². The number of amides is 7. The maximum atomic E-state index is 14.3. The number of rotatable bonds is 21. The van der Waals surface area contributed by atoms with Crippen LogP contribution in [0.25, 0.3) is 10.9 Å². The highest BCUT2D eigenvalue weighted by molar-refractivity contribution is 7.98. The average molecular weight is 780 g/mol. The summed E-state index contributed by atoms with van der Waals surface area (Å²) in [6, 6.07) is 11.3. The molecule has 55 heavy (non-hydrogen) atoms. The van der Waals surface area contributed by atoms with Gasteiger partial charge in [0.2, 0.25) is 41.4 Å². The van der Waals surface area contributed by atoms with E-state index in [0.29, 0.717) is 16.9 Å². The number of aromatic nitrogens is 1. The van der Waals surface area contributed by atoms with Crippen LogP contribution in [0, 0.1) is 0 Å². The van der Waals surface area contributed by atoms with E-state index in [0.717, 1.165) is 10.9 Å². The molecule has 1 aromatic heterocycles. The molecule has 0 fully saturated rings. The number of para-hydroxylation sites is 1. The number of carbonyl (C=O) groups excluding carboxylic acids is 7. The van der Waals surface area contributed by atoms with Crippen LogP contribution in [0.3, 0.4) is 0 Å². The zero-order chi connectivity index (χ0) is 40.9. The topological polar surface area (TPSA) is 273 Å². The van der Waals surface area contributed by atoms with Crippen molar-refractivity contribution < 1.29 is 33.6 Å². The normalized spacial score (nSPS) is 13.8. The molecule has 0 saturated carbocycles. The van der Waals surface area contributed by atoms with Gasteiger partial charge in [-0.15, -0.1) is 0 Å². The minimum atomic E-state index is -1.45. The highest BCUT2D eigenvalue weighted by atomic mass is 32.2. The lowest BCUT2D eigenvalue weighted by Gasteiger charge is -2.29. The van der Waals surface area contributed by atoms with Crippen LogP contribution in [0.2, 0.25) is 0 Å². The molecule has 7 amide bonds. The van der Waals surface area contributed by atoms with Gasteiger partial charge in [-0.05, 0) is 69.7 Å². The lowest BCUT2D eigenvalue weighted by molar-refractivity contribution is -0.136. The molecule has 2 aromatic carbocycles. The summed E-state index contributed by atoms with van der Waals surface area (Å²) in [5, 5.41) is 14.1. The van der Waals surface area contributed by atoms with Crippen LogP contribution in [0.15, 0.2) is 60.8 Å². The van der Waals surface area contributed by atoms with E-state index in [9.17, 15) is 33.6 Å². The summed E-state index contributed by atoms with van der Waals surface area (Å²) in [6.07, 6.45) is 3.21. The van der Waals surface area contributed by atoms with Crippen LogP contribution in [-0.4, -0.2) is 93.6 Å². The summed E-state index contributed by atoms with van der Waals surface area (Å²) in [5.41, 5.74) is 16.3. The van der Waals surface area contributed by atoms with Crippen molar-refractivity contribution in [3.8, 4) is 0 Å². The molecule has 0 spiro atoms. The third-order valence-corrected chi connectivity index (χ3v) is 9.47. The van der Waals surface area contributed by atoms with E-state index < -0.39 is 76.6 Å². The lowest BCUT2D eigenvalue weighted by Crippen LogP contribution is -2.61. The summed E-state index contributed by atoms with van der Waals surface area (Å²) >= 11 is 1.45. The number of carbonyl (C=O) groups is 7. The van der Waals surface area contributed by atoms with Crippen molar-refractivity contribution in [2.75, 3.05) is 12.0 Å². The molecule has 1 heterocycles. The summed E-state index contributed by atoms with van der Waals surface area (Å²) < 4.78 is 0. The van der Waals surface area contributed by atoms with Crippen LogP contribution in [0.4, 0.5) is 0 Å². The van der Waals surface area contributed by atoms with Gasteiger partial charge in [-0.25, -0.2) is 0 Å². The Morgan fingerprint density at radius 3 is 1.84 bits per heavy atom. The Hall–Kier alpha value is -5.42. The van der Waals surface area contributed by atoms with Crippen LogP contribution < -0.4 is 43.8 Å². The van der Waals surface area contributed by atoms with Gasteiger partial charge in [0.25, 0.3) is 0 Å². The summed E-state index contributed by atoms with van der Waals surface area (Å²) in [6.45, 7) is 5.84. The number of thioether (sulfide) groups is 1. The number of hydrogen-bond donors (Lipinski definition) is 9. The Kier molecular flexibility index (Phi) is 15.8. The zero-order valence-corrected chi connectivity index (χ0v) is 32.6. The molecule has 0 aliphatic rings. The largest absolute Gasteiger partial charge is 0.370 e. The molecule has 3 rings (SSSR count). The standard InChI is InChI=1S/C38H53N9O7S/c1-37(2,41)36(54)46-27(17-18-55-5)32(50)43-26(15-16-30(39)48)31(49)45-29(20-23-21-42-25-14-10-9-13-24(23)25)33(51)44-28(19-22-11-7-6-8-12-22)34(52)47-38(3,4)35(40)53/h6-14,21,26-29,42H,15-20,41H2,1-5H3,(H2,39,48)(H2,40,53)(H,43,50)(H,44,51)(H,45,49)(H,46,54)(H,47,52)/t26-,27-,28-,29-/m0/s1. The monoisotopic (exact) mass is 779 g/mol. The SMILES string of the molecule is CSCC[C@H](NC(=O)C(C)(C)N)C(=O)N[C@@H](CCC(N)=O)C(=O)N[C@@H](Cc1c[nH]c2ccccc12)C(=O)N[C@@H](Cc1ccccc1)C(=O)NC(C)(C)C(N)=O. The second kappa shape index (κ2) is 19.8. The van der Waals surface area contributed by atoms with Crippen LogP contribution in [0.5, 0.6) is 0 Å².